The van der Waals surface area contributed by atoms with Gasteiger partial charge in [-0.2, -0.15) is 0 Å². The normalized spacial score (nSPS) is 14.3. The molecule has 5 nitrogen and oxygen atoms in total. The molecule has 1 aliphatic rings. The third-order valence-corrected chi connectivity index (χ3v) is 5.07. The van der Waals surface area contributed by atoms with E-state index in [-0.39, 0.29) is 24.2 Å². The minimum atomic E-state index is -1.02. The smallest absolute Gasteiger partial charge is 0.251 e. The number of hydrogen-bond donors (Lipinski definition) is 3. The molecule has 0 atom stereocenters. The second kappa shape index (κ2) is 9.49. The second-order valence-electron chi connectivity index (χ2n) is 7.37. The monoisotopic (exact) mass is 401 g/mol. The van der Waals surface area contributed by atoms with Crippen molar-refractivity contribution in [1.29, 1.82) is 0 Å². The number of aryl methyl sites for hydroxylation is 1. The molecule has 0 saturated heterocycles. The molecule has 2 amide bonds. The first-order chi connectivity index (χ1) is 13.9. The molecule has 2 aromatic carbocycles. The fourth-order valence-electron chi connectivity index (χ4n) is 3.47. The van der Waals surface area contributed by atoms with Crippen LogP contribution in [0.1, 0.15) is 48.0 Å². The highest BCUT2D eigenvalue weighted by atomic mass is 19.2. The molecule has 0 aromatic heterocycles. The first-order valence-corrected chi connectivity index (χ1v) is 9.82. The van der Waals surface area contributed by atoms with Crippen molar-refractivity contribution in [1.82, 2.24) is 5.32 Å². The number of nitrogens with one attached hydrogen (secondary N) is 3. The largest absolute Gasteiger partial charge is 0.376 e. The minimum absolute atomic E-state index is 0.0482. The number of halogens is 2. The second-order valence-corrected chi connectivity index (χ2v) is 7.37. The summed E-state index contributed by atoms with van der Waals surface area (Å²) in [5.41, 5.74) is 2.33. The number of amides is 2. The highest BCUT2D eigenvalue weighted by molar-refractivity contribution is 5.96. The topological polar surface area (TPSA) is 70.2 Å². The van der Waals surface area contributed by atoms with Crippen molar-refractivity contribution in [3.05, 3.63) is 59.2 Å². The van der Waals surface area contributed by atoms with E-state index in [1.54, 1.807) is 18.2 Å². The Morgan fingerprint density at radius 2 is 1.76 bits per heavy atom. The van der Waals surface area contributed by atoms with Crippen LogP contribution in [0.25, 0.3) is 0 Å². The Kier molecular flexibility index (Phi) is 6.80. The number of rotatable bonds is 6. The lowest BCUT2D eigenvalue weighted by Crippen LogP contribution is -2.36. The Bertz CT molecular complexity index is 896. The van der Waals surface area contributed by atoms with Gasteiger partial charge in [-0.25, -0.2) is 8.78 Å². The summed E-state index contributed by atoms with van der Waals surface area (Å²) < 4.78 is 26.2. The van der Waals surface area contributed by atoms with E-state index in [9.17, 15) is 18.4 Å². The van der Waals surface area contributed by atoms with Crippen molar-refractivity contribution in [2.75, 3.05) is 17.2 Å². The quantitative estimate of drug-likeness (QED) is 0.673. The van der Waals surface area contributed by atoms with E-state index in [0.29, 0.717) is 5.56 Å². The molecular weight excluding hydrogens is 376 g/mol. The van der Waals surface area contributed by atoms with E-state index < -0.39 is 17.5 Å². The van der Waals surface area contributed by atoms with Crippen LogP contribution in [0.4, 0.5) is 20.2 Å². The van der Waals surface area contributed by atoms with Gasteiger partial charge in [0.15, 0.2) is 11.6 Å². The highest BCUT2D eigenvalue weighted by Crippen LogP contribution is 2.20. The van der Waals surface area contributed by atoms with Crippen molar-refractivity contribution >= 4 is 23.2 Å². The van der Waals surface area contributed by atoms with Gasteiger partial charge in [-0.05, 0) is 55.7 Å². The predicted octanol–water partition coefficient (Wildman–Crippen LogP) is 4.39. The SMILES string of the molecule is Cc1cc(C(=O)NC2CCCCC2)ccc1NCC(=O)Nc1ccc(F)c(F)c1. The van der Waals surface area contributed by atoms with Crippen LogP contribution < -0.4 is 16.0 Å². The van der Waals surface area contributed by atoms with E-state index in [0.717, 1.165) is 49.1 Å². The molecule has 1 aliphatic carbocycles. The van der Waals surface area contributed by atoms with E-state index in [1.165, 1.54) is 12.5 Å². The molecule has 0 heterocycles. The van der Waals surface area contributed by atoms with Gasteiger partial charge in [-0.3, -0.25) is 9.59 Å². The first kappa shape index (κ1) is 20.8. The molecule has 154 valence electrons. The zero-order valence-electron chi connectivity index (χ0n) is 16.4. The van der Waals surface area contributed by atoms with Gasteiger partial charge in [-0.15, -0.1) is 0 Å². The van der Waals surface area contributed by atoms with Crippen molar-refractivity contribution in [2.24, 2.45) is 0 Å². The van der Waals surface area contributed by atoms with Crippen LogP contribution in [-0.4, -0.2) is 24.4 Å². The third-order valence-electron chi connectivity index (χ3n) is 5.07. The summed E-state index contributed by atoms with van der Waals surface area (Å²) in [5, 5.41) is 8.58. The molecule has 3 rings (SSSR count). The van der Waals surface area contributed by atoms with Crippen LogP contribution >= 0.6 is 0 Å². The summed E-state index contributed by atoms with van der Waals surface area (Å²) in [6.45, 7) is 1.81. The molecule has 29 heavy (non-hydrogen) atoms. The Labute approximate surface area is 168 Å². The Morgan fingerprint density at radius 1 is 1.00 bits per heavy atom. The van der Waals surface area contributed by atoms with E-state index in [4.69, 9.17) is 0 Å². The summed E-state index contributed by atoms with van der Waals surface area (Å²) in [5.74, 6) is -2.46. The van der Waals surface area contributed by atoms with Gasteiger partial charge in [0.25, 0.3) is 5.91 Å². The Balaban J connectivity index is 1.53. The van der Waals surface area contributed by atoms with E-state index >= 15 is 0 Å². The lowest BCUT2D eigenvalue weighted by atomic mass is 9.95. The van der Waals surface area contributed by atoms with Crippen molar-refractivity contribution in [2.45, 2.75) is 45.1 Å². The number of carbonyl (C=O) groups excluding carboxylic acids is 2. The maximum atomic E-state index is 13.2. The van der Waals surface area contributed by atoms with Gasteiger partial charge in [0, 0.05) is 29.0 Å². The predicted molar refractivity (Wildman–Crippen MR) is 109 cm³/mol. The van der Waals surface area contributed by atoms with Crippen molar-refractivity contribution in [3.63, 3.8) is 0 Å². The molecule has 0 spiro atoms. The fourth-order valence-corrected chi connectivity index (χ4v) is 3.47. The van der Waals surface area contributed by atoms with Gasteiger partial charge in [0.2, 0.25) is 5.91 Å². The number of benzene rings is 2. The summed E-state index contributed by atoms with van der Waals surface area (Å²) >= 11 is 0. The molecule has 2 aromatic rings. The van der Waals surface area contributed by atoms with Gasteiger partial charge in [-0.1, -0.05) is 19.3 Å². The summed E-state index contributed by atoms with van der Waals surface area (Å²) in [6, 6.07) is 8.69. The van der Waals surface area contributed by atoms with Crippen molar-refractivity contribution < 1.29 is 18.4 Å². The maximum absolute atomic E-state index is 13.2. The van der Waals surface area contributed by atoms with Gasteiger partial charge < -0.3 is 16.0 Å². The summed E-state index contributed by atoms with van der Waals surface area (Å²) in [4.78, 5) is 24.5. The lowest BCUT2D eigenvalue weighted by Gasteiger charge is -2.23. The zero-order valence-corrected chi connectivity index (χ0v) is 16.4. The number of carbonyl (C=O) groups is 2. The molecule has 0 radical (unpaired) electrons. The molecule has 7 heteroatoms. The fraction of sp³-hybridized carbons (Fsp3) is 0.364. The van der Waals surface area contributed by atoms with Gasteiger partial charge >= 0.3 is 0 Å². The molecule has 3 N–H and O–H groups in total. The Morgan fingerprint density at radius 3 is 2.45 bits per heavy atom. The van der Waals surface area contributed by atoms with Crippen LogP contribution in [-0.2, 0) is 4.79 Å². The van der Waals surface area contributed by atoms with E-state index in [2.05, 4.69) is 16.0 Å². The molecule has 0 bridgehead atoms. The van der Waals surface area contributed by atoms with Crippen LogP contribution in [0, 0.1) is 18.6 Å². The molecule has 0 unspecified atom stereocenters. The number of hydrogen-bond acceptors (Lipinski definition) is 3. The number of anilines is 2. The average Bonchev–Trinajstić information content (AvgIpc) is 2.70. The van der Waals surface area contributed by atoms with Gasteiger partial charge in [0.05, 0.1) is 6.54 Å². The Hall–Kier alpha value is -2.96. The van der Waals surface area contributed by atoms with Gasteiger partial charge in [0.1, 0.15) is 0 Å². The summed E-state index contributed by atoms with van der Waals surface area (Å²) in [6.07, 6.45) is 5.59. The minimum Gasteiger partial charge on any atom is -0.376 e. The molecule has 1 saturated carbocycles. The molecule has 1 fully saturated rings. The van der Waals surface area contributed by atoms with Crippen LogP contribution in [0.15, 0.2) is 36.4 Å². The average molecular weight is 401 g/mol. The van der Waals surface area contributed by atoms with Crippen LogP contribution in [0.2, 0.25) is 0 Å². The first-order valence-electron chi connectivity index (χ1n) is 9.82. The molecular formula is C22H25F2N3O2. The van der Waals surface area contributed by atoms with Crippen LogP contribution in [0.3, 0.4) is 0 Å². The van der Waals surface area contributed by atoms with E-state index in [1.807, 2.05) is 6.92 Å². The lowest BCUT2D eigenvalue weighted by molar-refractivity contribution is -0.114. The summed E-state index contributed by atoms with van der Waals surface area (Å²) in [7, 11) is 0. The van der Waals surface area contributed by atoms with Crippen LogP contribution in [0.5, 0.6) is 0 Å². The maximum Gasteiger partial charge on any atom is 0.251 e. The third kappa shape index (κ3) is 5.76. The van der Waals surface area contributed by atoms with Crippen molar-refractivity contribution in [3.8, 4) is 0 Å². The standard InChI is InChI=1S/C22H25F2N3O2/c1-14-11-15(22(29)27-16-5-3-2-4-6-16)7-10-20(14)25-13-21(28)26-17-8-9-18(23)19(24)12-17/h7-12,16,25H,2-6,13H2,1H3,(H,26,28)(H,27,29). The highest BCUT2D eigenvalue weighted by Gasteiger charge is 2.17. The molecule has 0 aliphatic heterocycles. The zero-order chi connectivity index (χ0) is 20.8.